The molecule has 0 aliphatic rings. The molecule has 0 radical (unpaired) electrons. The molecule has 0 saturated carbocycles. The van der Waals surface area contributed by atoms with E-state index >= 15 is 4.39 Å². The lowest BCUT2D eigenvalue weighted by atomic mass is 10.00. The molecule has 2 N–H and O–H groups in total. The van der Waals surface area contributed by atoms with Crippen LogP contribution in [0.2, 0.25) is 0 Å². The Kier molecular flexibility index (Phi) is 5.66. The first-order valence-electron chi connectivity index (χ1n) is 9.78. The zero-order valence-corrected chi connectivity index (χ0v) is 18.2. The first-order valence-corrected chi connectivity index (χ1v) is 10.9. The molecular formula is C24H22FN3O2S. The summed E-state index contributed by atoms with van der Waals surface area (Å²) in [5, 5.41) is 0.643. The number of pyridine rings is 1. The molecule has 0 aliphatic heterocycles. The number of benzene rings is 2. The SMILES string of the molecule is CC(C)(C)N[S+]([O-])c1ccccc1-c1ccc(-c2cnc3[nH]cc(C=O)c3c2)c(F)c1. The lowest BCUT2D eigenvalue weighted by Gasteiger charge is -2.23. The Hall–Kier alpha value is -3.00. The number of H-pyrrole nitrogens is 1. The van der Waals surface area contributed by atoms with Gasteiger partial charge in [0.1, 0.15) is 11.5 Å². The van der Waals surface area contributed by atoms with Crippen molar-refractivity contribution in [3.05, 3.63) is 72.3 Å². The maximum Gasteiger partial charge on any atom is 0.181 e. The van der Waals surface area contributed by atoms with Crippen molar-refractivity contribution in [2.45, 2.75) is 31.2 Å². The van der Waals surface area contributed by atoms with E-state index in [-0.39, 0.29) is 5.54 Å². The fourth-order valence-corrected chi connectivity index (χ4v) is 4.64. The Labute approximate surface area is 183 Å². The number of rotatable bonds is 5. The highest BCUT2D eigenvalue weighted by molar-refractivity contribution is 7.89. The van der Waals surface area contributed by atoms with E-state index in [1.54, 1.807) is 36.7 Å². The van der Waals surface area contributed by atoms with E-state index in [1.165, 1.54) is 6.07 Å². The summed E-state index contributed by atoms with van der Waals surface area (Å²) in [5.41, 5.74) is 3.00. The molecule has 1 atom stereocenters. The number of carbonyl (C=O) groups is 1. The number of nitrogens with zero attached hydrogens (tertiary/aromatic N) is 1. The summed E-state index contributed by atoms with van der Waals surface area (Å²) >= 11 is -1.45. The van der Waals surface area contributed by atoms with Crippen molar-refractivity contribution in [3.63, 3.8) is 0 Å². The van der Waals surface area contributed by atoms with Crippen LogP contribution in [0.15, 0.2) is 65.8 Å². The van der Waals surface area contributed by atoms with E-state index in [1.807, 2.05) is 39.0 Å². The fraction of sp³-hybridized carbons (Fsp3) is 0.167. The summed E-state index contributed by atoms with van der Waals surface area (Å²) in [6.45, 7) is 5.81. The van der Waals surface area contributed by atoms with Gasteiger partial charge in [0, 0.05) is 40.0 Å². The average Bonchev–Trinajstić information content (AvgIpc) is 3.14. The Morgan fingerprint density at radius 1 is 1.10 bits per heavy atom. The van der Waals surface area contributed by atoms with Gasteiger partial charge in [-0.2, -0.15) is 0 Å². The van der Waals surface area contributed by atoms with Crippen molar-refractivity contribution >= 4 is 28.7 Å². The molecule has 31 heavy (non-hydrogen) atoms. The minimum atomic E-state index is -1.45. The summed E-state index contributed by atoms with van der Waals surface area (Å²) in [6.07, 6.45) is 3.89. The molecule has 0 saturated heterocycles. The van der Waals surface area contributed by atoms with Gasteiger partial charge < -0.3 is 9.54 Å². The molecule has 0 aliphatic carbocycles. The minimum absolute atomic E-state index is 0.336. The molecule has 0 amide bonds. The molecule has 0 spiro atoms. The highest BCUT2D eigenvalue weighted by Crippen LogP contribution is 2.32. The average molecular weight is 436 g/mol. The lowest BCUT2D eigenvalue weighted by Crippen LogP contribution is -2.40. The van der Waals surface area contributed by atoms with Crippen LogP contribution in [0.25, 0.3) is 33.3 Å². The number of hydrogen-bond acceptors (Lipinski definition) is 4. The second-order valence-corrected chi connectivity index (χ2v) is 9.48. The van der Waals surface area contributed by atoms with Crippen LogP contribution in [-0.4, -0.2) is 26.3 Å². The molecular weight excluding hydrogens is 413 g/mol. The number of fused-ring (bicyclic) bond motifs is 1. The summed E-state index contributed by atoms with van der Waals surface area (Å²) in [7, 11) is 0. The molecule has 2 aromatic heterocycles. The van der Waals surface area contributed by atoms with E-state index in [0.717, 1.165) is 6.29 Å². The van der Waals surface area contributed by atoms with E-state index in [0.29, 0.717) is 43.7 Å². The predicted octanol–water partition coefficient (Wildman–Crippen LogP) is 5.26. The van der Waals surface area contributed by atoms with Crippen LogP contribution < -0.4 is 4.72 Å². The van der Waals surface area contributed by atoms with Crippen LogP contribution in [-0.2, 0) is 11.4 Å². The van der Waals surface area contributed by atoms with Gasteiger partial charge in [-0.15, -0.1) is 4.72 Å². The number of aromatic nitrogens is 2. The molecule has 4 aromatic rings. The summed E-state index contributed by atoms with van der Waals surface area (Å²) in [5.74, 6) is -0.425. The largest absolute Gasteiger partial charge is 0.593 e. The quantitative estimate of drug-likeness (QED) is 0.331. The Balaban J connectivity index is 1.73. The van der Waals surface area contributed by atoms with Gasteiger partial charge >= 0.3 is 0 Å². The Morgan fingerprint density at radius 3 is 2.58 bits per heavy atom. The van der Waals surface area contributed by atoms with Crippen LogP contribution in [0.5, 0.6) is 0 Å². The highest BCUT2D eigenvalue weighted by Gasteiger charge is 2.24. The molecule has 5 nitrogen and oxygen atoms in total. The molecule has 2 heterocycles. The second kappa shape index (κ2) is 8.26. The number of hydrogen-bond donors (Lipinski definition) is 2. The Morgan fingerprint density at radius 2 is 1.87 bits per heavy atom. The van der Waals surface area contributed by atoms with E-state index in [2.05, 4.69) is 14.7 Å². The van der Waals surface area contributed by atoms with Crippen molar-refractivity contribution in [2.24, 2.45) is 0 Å². The van der Waals surface area contributed by atoms with Crippen LogP contribution in [0.3, 0.4) is 0 Å². The third-order valence-electron chi connectivity index (χ3n) is 4.77. The van der Waals surface area contributed by atoms with Gasteiger partial charge in [-0.1, -0.05) is 24.3 Å². The normalized spacial score (nSPS) is 12.8. The Bertz CT molecular complexity index is 1260. The summed E-state index contributed by atoms with van der Waals surface area (Å²) < 4.78 is 31.1. The highest BCUT2D eigenvalue weighted by atomic mass is 32.2. The van der Waals surface area contributed by atoms with Gasteiger partial charge in [0.15, 0.2) is 11.2 Å². The standard InChI is InChI=1S/C24H22FN3O2S/c1-24(2,3)28-31(30)22-7-5-4-6-19(22)15-8-9-18(21(25)11-15)16-10-20-17(14-29)13-27-23(20)26-12-16/h4-14,28H,1-3H3,(H,26,27). The summed E-state index contributed by atoms with van der Waals surface area (Å²) in [4.78, 5) is 19.0. The van der Waals surface area contributed by atoms with Gasteiger partial charge in [-0.25, -0.2) is 9.37 Å². The smallest absolute Gasteiger partial charge is 0.181 e. The third-order valence-corrected chi connectivity index (χ3v) is 6.32. The van der Waals surface area contributed by atoms with Gasteiger partial charge in [0.2, 0.25) is 0 Å². The number of halogens is 1. The molecule has 2 aromatic carbocycles. The van der Waals surface area contributed by atoms with Crippen LogP contribution in [0.4, 0.5) is 4.39 Å². The van der Waals surface area contributed by atoms with Gasteiger partial charge in [-0.05, 0) is 50.6 Å². The first kappa shape index (κ1) is 21.2. The predicted molar refractivity (Wildman–Crippen MR) is 122 cm³/mol. The molecule has 158 valence electrons. The molecule has 0 bridgehead atoms. The van der Waals surface area contributed by atoms with Crippen LogP contribution in [0, 0.1) is 5.82 Å². The van der Waals surface area contributed by atoms with E-state index < -0.39 is 17.2 Å². The van der Waals surface area contributed by atoms with E-state index in [9.17, 15) is 9.35 Å². The molecule has 1 unspecified atom stereocenters. The van der Waals surface area contributed by atoms with Gasteiger partial charge in [0.25, 0.3) is 0 Å². The van der Waals surface area contributed by atoms with E-state index in [4.69, 9.17) is 0 Å². The molecule has 7 heteroatoms. The zero-order valence-electron chi connectivity index (χ0n) is 17.4. The van der Waals surface area contributed by atoms with Gasteiger partial charge in [-0.3, -0.25) is 4.79 Å². The number of aldehydes is 1. The van der Waals surface area contributed by atoms with Crippen molar-refractivity contribution in [1.82, 2.24) is 14.7 Å². The maximum atomic E-state index is 15.1. The zero-order chi connectivity index (χ0) is 22.2. The van der Waals surface area contributed by atoms with Crippen LogP contribution in [0.1, 0.15) is 31.1 Å². The van der Waals surface area contributed by atoms with Crippen molar-refractivity contribution < 1.29 is 13.7 Å². The minimum Gasteiger partial charge on any atom is -0.593 e. The number of carbonyl (C=O) groups excluding carboxylic acids is 1. The molecule has 4 rings (SSSR count). The third kappa shape index (κ3) is 4.39. The van der Waals surface area contributed by atoms with Crippen molar-refractivity contribution in [3.8, 4) is 22.3 Å². The lowest BCUT2D eigenvalue weighted by molar-refractivity contribution is 0.112. The summed E-state index contributed by atoms with van der Waals surface area (Å²) in [6, 6.07) is 13.9. The second-order valence-electron chi connectivity index (χ2n) is 8.29. The number of aromatic amines is 1. The molecule has 0 fully saturated rings. The van der Waals surface area contributed by atoms with Crippen molar-refractivity contribution in [1.29, 1.82) is 0 Å². The fourth-order valence-electron chi connectivity index (χ4n) is 3.39. The number of nitrogens with one attached hydrogen (secondary N) is 2. The van der Waals surface area contributed by atoms with Crippen molar-refractivity contribution in [2.75, 3.05) is 0 Å². The first-order chi connectivity index (χ1) is 14.8. The topological polar surface area (TPSA) is 80.8 Å². The monoisotopic (exact) mass is 435 g/mol. The maximum absolute atomic E-state index is 15.1. The van der Waals surface area contributed by atoms with Crippen LogP contribution >= 0.6 is 0 Å². The van der Waals surface area contributed by atoms with Gasteiger partial charge in [0.05, 0.1) is 16.9 Å².